The molecule has 0 bridgehead atoms. The van der Waals surface area contributed by atoms with Gasteiger partial charge in [0.15, 0.2) is 6.54 Å². The number of ether oxygens (including phenoxy) is 1. The minimum Gasteiger partial charge on any atom is -0.496 e. The number of rotatable bonds is 6. The van der Waals surface area contributed by atoms with Gasteiger partial charge in [-0.25, -0.2) is 0 Å². The van der Waals surface area contributed by atoms with Gasteiger partial charge in [0, 0.05) is 10.4 Å². The van der Waals surface area contributed by atoms with Gasteiger partial charge in [0.2, 0.25) is 0 Å². The van der Waals surface area contributed by atoms with E-state index in [1.165, 1.54) is 10.4 Å². The second-order valence-electron chi connectivity index (χ2n) is 7.20. The lowest BCUT2D eigenvalue weighted by Crippen LogP contribution is -3.08. The molecule has 0 saturated heterocycles. The van der Waals surface area contributed by atoms with Crippen molar-refractivity contribution in [2.24, 2.45) is 0 Å². The first-order valence-corrected chi connectivity index (χ1v) is 10.1. The molecule has 0 spiro atoms. The van der Waals surface area contributed by atoms with Gasteiger partial charge in [0.05, 0.1) is 19.7 Å². The monoisotopic (exact) mass is 384 g/mol. The van der Waals surface area contributed by atoms with Gasteiger partial charge < -0.3 is 15.0 Å². The molecule has 2 N–H and O–H groups in total. The Kier molecular flexibility index (Phi) is 6.15. The molecule has 1 atom stereocenters. The summed E-state index contributed by atoms with van der Waals surface area (Å²) in [5.74, 6) is 0.785. The number of aryl methyl sites for hydroxylation is 2. The predicted octanol–water partition coefficient (Wildman–Crippen LogP) is 2.47. The molecule has 1 aliphatic carbocycles. The van der Waals surface area contributed by atoms with Gasteiger partial charge in [-0.2, -0.15) is 5.26 Å². The minimum atomic E-state index is -0.0609. The van der Waals surface area contributed by atoms with Crippen molar-refractivity contribution in [2.45, 2.75) is 39.2 Å². The third kappa shape index (κ3) is 4.49. The van der Waals surface area contributed by atoms with E-state index in [4.69, 9.17) is 4.74 Å². The van der Waals surface area contributed by atoms with Crippen LogP contribution in [0.3, 0.4) is 0 Å². The number of carbonyl (C=O) groups excluding carboxylic acids is 1. The molecule has 1 aromatic heterocycles. The van der Waals surface area contributed by atoms with Gasteiger partial charge in [-0.05, 0) is 50.3 Å². The summed E-state index contributed by atoms with van der Waals surface area (Å²) in [4.78, 5) is 14.9. The number of hydrogen-bond donors (Lipinski definition) is 2. The van der Waals surface area contributed by atoms with E-state index in [2.05, 4.69) is 17.5 Å². The van der Waals surface area contributed by atoms with Crippen molar-refractivity contribution in [1.29, 1.82) is 5.26 Å². The molecule has 1 aliphatic rings. The number of benzene rings is 1. The normalized spacial score (nSPS) is 14.1. The second kappa shape index (κ2) is 8.55. The molecule has 0 saturated carbocycles. The molecule has 1 aromatic carbocycles. The van der Waals surface area contributed by atoms with E-state index >= 15 is 0 Å². The molecule has 1 unspecified atom stereocenters. The molecule has 142 valence electrons. The Morgan fingerprint density at radius 1 is 1.37 bits per heavy atom. The number of nitrogens with zero attached hydrogens (tertiary/aromatic N) is 1. The van der Waals surface area contributed by atoms with Crippen molar-refractivity contribution in [3.05, 3.63) is 45.3 Å². The first-order valence-electron chi connectivity index (χ1n) is 9.31. The highest BCUT2D eigenvalue weighted by Gasteiger charge is 2.22. The maximum atomic E-state index is 12.5. The SMILES string of the molecule is COc1ccc(C)cc1C[NH+](C)CC(=O)Nc1sc2c(c1C#N)CCCC2. The molecule has 1 heterocycles. The zero-order valence-electron chi connectivity index (χ0n) is 16.1. The van der Waals surface area contributed by atoms with Crippen LogP contribution in [-0.2, 0) is 24.2 Å². The number of thiophene rings is 1. The quantitative estimate of drug-likeness (QED) is 0.804. The lowest BCUT2D eigenvalue weighted by Gasteiger charge is -2.16. The Labute approximate surface area is 164 Å². The minimum absolute atomic E-state index is 0.0609. The Morgan fingerprint density at radius 3 is 2.89 bits per heavy atom. The van der Waals surface area contributed by atoms with Crippen molar-refractivity contribution in [3.8, 4) is 11.8 Å². The Balaban J connectivity index is 1.65. The van der Waals surface area contributed by atoms with Crippen molar-refractivity contribution in [3.63, 3.8) is 0 Å². The summed E-state index contributed by atoms with van der Waals surface area (Å²) < 4.78 is 5.43. The average molecular weight is 385 g/mol. The smallest absolute Gasteiger partial charge is 0.280 e. The highest BCUT2D eigenvalue weighted by molar-refractivity contribution is 7.16. The summed E-state index contributed by atoms with van der Waals surface area (Å²) in [6.07, 6.45) is 4.25. The molecule has 3 rings (SSSR count). The maximum absolute atomic E-state index is 12.5. The standard InChI is InChI=1S/C21H25N3O2S/c1-14-8-9-18(26-3)15(10-14)12-24(2)13-20(25)23-21-17(11-22)16-6-4-5-7-19(16)27-21/h8-10H,4-7,12-13H2,1-3H3,(H,23,25)/p+1. The number of nitriles is 1. The summed E-state index contributed by atoms with van der Waals surface area (Å²) in [6, 6.07) is 8.38. The van der Waals surface area contributed by atoms with E-state index < -0.39 is 0 Å². The molecule has 6 heteroatoms. The first-order chi connectivity index (χ1) is 13.0. The molecular formula is C21H26N3O2S+. The third-order valence-corrected chi connectivity index (χ3v) is 6.13. The van der Waals surface area contributed by atoms with Crippen LogP contribution < -0.4 is 15.0 Å². The van der Waals surface area contributed by atoms with E-state index in [1.54, 1.807) is 18.4 Å². The van der Waals surface area contributed by atoms with Crippen LogP contribution >= 0.6 is 11.3 Å². The van der Waals surface area contributed by atoms with Gasteiger partial charge in [0.1, 0.15) is 23.4 Å². The van der Waals surface area contributed by atoms with Crippen molar-refractivity contribution >= 4 is 22.2 Å². The van der Waals surface area contributed by atoms with Gasteiger partial charge >= 0.3 is 0 Å². The zero-order valence-corrected chi connectivity index (χ0v) is 17.0. The maximum Gasteiger partial charge on any atom is 0.280 e. The molecular weight excluding hydrogens is 358 g/mol. The van der Waals surface area contributed by atoms with Gasteiger partial charge in [-0.1, -0.05) is 11.6 Å². The summed E-state index contributed by atoms with van der Waals surface area (Å²) >= 11 is 1.57. The van der Waals surface area contributed by atoms with Gasteiger partial charge in [-0.3, -0.25) is 4.79 Å². The van der Waals surface area contributed by atoms with Crippen molar-refractivity contribution in [1.82, 2.24) is 0 Å². The Morgan fingerprint density at radius 2 is 2.15 bits per heavy atom. The average Bonchev–Trinajstić information content (AvgIpc) is 2.98. The third-order valence-electron chi connectivity index (χ3n) is 4.93. The van der Waals surface area contributed by atoms with Gasteiger partial charge in [0.25, 0.3) is 5.91 Å². The van der Waals surface area contributed by atoms with Crippen LogP contribution in [-0.4, -0.2) is 26.6 Å². The van der Waals surface area contributed by atoms with Crippen LogP contribution in [0.2, 0.25) is 0 Å². The first kappa shape index (κ1) is 19.4. The number of carbonyl (C=O) groups is 1. The summed E-state index contributed by atoms with van der Waals surface area (Å²) in [5, 5.41) is 13.2. The Bertz CT molecular complexity index is 882. The number of likely N-dealkylation sites (N-methyl/N-ethyl adjacent to an activating group) is 1. The molecule has 0 aliphatic heterocycles. The highest BCUT2D eigenvalue weighted by Crippen LogP contribution is 2.37. The number of hydrogen-bond acceptors (Lipinski definition) is 4. The summed E-state index contributed by atoms with van der Waals surface area (Å²) in [7, 11) is 3.66. The van der Waals surface area contributed by atoms with Crippen LogP contribution in [0.4, 0.5) is 5.00 Å². The number of methoxy groups -OCH3 is 1. The lowest BCUT2D eigenvalue weighted by atomic mass is 9.96. The number of anilines is 1. The molecule has 0 radical (unpaired) electrons. The molecule has 1 amide bonds. The lowest BCUT2D eigenvalue weighted by molar-refractivity contribution is -0.885. The predicted molar refractivity (Wildman–Crippen MR) is 107 cm³/mol. The van der Waals surface area contributed by atoms with Crippen LogP contribution in [0, 0.1) is 18.3 Å². The van der Waals surface area contributed by atoms with Crippen molar-refractivity contribution < 1.29 is 14.4 Å². The molecule has 2 aromatic rings. The number of fused-ring (bicyclic) bond motifs is 1. The summed E-state index contributed by atoms with van der Waals surface area (Å²) in [6.45, 7) is 3.09. The fourth-order valence-electron chi connectivity index (χ4n) is 3.65. The molecule has 0 fully saturated rings. The topological polar surface area (TPSA) is 66.6 Å². The highest BCUT2D eigenvalue weighted by atomic mass is 32.1. The van der Waals surface area contributed by atoms with Crippen LogP contribution in [0.5, 0.6) is 5.75 Å². The van der Waals surface area contributed by atoms with Gasteiger partial charge in [-0.15, -0.1) is 11.3 Å². The Hall–Kier alpha value is -2.36. The van der Waals surface area contributed by atoms with E-state index in [-0.39, 0.29) is 5.91 Å². The van der Waals surface area contributed by atoms with Crippen molar-refractivity contribution in [2.75, 3.05) is 26.0 Å². The van der Waals surface area contributed by atoms with Crippen LogP contribution in [0.15, 0.2) is 18.2 Å². The number of nitrogens with one attached hydrogen (secondary N) is 2. The van der Waals surface area contributed by atoms with E-state index in [1.807, 2.05) is 26.1 Å². The number of quaternary nitrogens is 1. The van der Waals surface area contributed by atoms with E-state index in [9.17, 15) is 10.1 Å². The number of amides is 1. The zero-order chi connectivity index (χ0) is 19.4. The fourth-order valence-corrected chi connectivity index (χ4v) is 4.91. The van der Waals surface area contributed by atoms with E-state index in [0.29, 0.717) is 18.7 Å². The molecule has 5 nitrogen and oxygen atoms in total. The van der Waals surface area contributed by atoms with E-state index in [0.717, 1.165) is 52.5 Å². The largest absolute Gasteiger partial charge is 0.496 e. The fraction of sp³-hybridized carbons (Fsp3) is 0.429. The molecule has 27 heavy (non-hydrogen) atoms. The van der Waals surface area contributed by atoms with Crippen LogP contribution in [0.25, 0.3) is 0 Å². The van der Waals surface area contributed by atoms with Crippen LogP contribution in [0.1, 0.15) is 40.0 Å². The summed E-state index contributed by atoms with van der Waals surface area (Å²) in [5.41, 5.74) is 4.08. The second-order valence-corrected chi connectivity index (χ2v) is 8.31.